The van der Waals surface area contributed by atoms with Gasteiger partial charge in [0.25, 0.3) is 0 Å². The molecule has 0 bridgehead atoms. The lowest BCUT2D eigenvalue weighted by Crippen LogP contribution is -2.30. The summed E-state index contributed by atoms with van der Waals surface area (Å²) in [6.45, 7) is 4.82. The molecule has 0 aromatic rings. The van der Waals surface area contributed by atoms with Gasteiger partial charge in [-0.05, 0) is 141 Å². The highest BCUT2D eigenvalue weighted by molar-refractivity contribution is 7.47. The van der Waals surface area contributed by atoms with E-state index in [0.29, 0.717) is 25.7 Å². The molecule has 582 valence electrons. The van der Waals surface area contributed by atoms with Gasteiger partial charge >= 0.3 is 39.5 Å². The van der Waals surface area contributed by atoms with Crippen molar-refractivity contribution in [2.24, 2.45) is 0 Å². The molecule has 0 amide bonds. The fraction of sp³-hybridized carbons (Fsp3) is 0.802. The summed E-state index contributed by atoms with van der Waals surface area (Å²) >= 11 is 0. The molecule has 0 aliphatic rings. The highest BCUT2D eigenvalue weighted by Crippen LogP contribution is 2.45. The number of esters is 4. The summed E-state index contributed by atoms with van der Waals surface area (Å²) in [5.74, 6) is -2.20. The third-order valence-electron chi connectivity index (χ3n) is 17.1. The summed E-state index contributed by atoms with van der Waals surface area (Å²) in [4.78, 5) is 73.0. The molecule has 0 spiro atoms. The monoisotopic (exact) mass is 1450 g/mol. The van der Waals surface area contributed by atoms with Gasteiger partial charge in [0.1, 0.15) is 19.3 Å². The van der Waals surface area contributed by atoms with E-state index < -0.39 is 97.5 Å². The molecule has 0 aliphatic carbocycles. The Morgan fingerprint density at radius 3 is 0.770 bits per heavy atom. The fourth-order valence-corrected chi connectivity index (χ4v) is 12.5. The Balaban J connectivity index is 5.37. The standard InChI is InChI=1S/C81H146O17P2/c1-5-9-13-17-21-25-29-33-37-41-45-49-53-57-61-65-78(83)91-71-76(97-80(85)67-63-59-55-51-47-43-39-35-31-27-23-19-15-11-7-3)73-95-99(87,88)93-69-75(82)70-94-100(89,90)96-74-77(98-81(86)68-64-60-56-52-48-44-40-36-32-28-24-20-16-12-8-4)72-92-79(84)66-62-58-54-50-46-42-38-34-30-26-22-18-14-10-6-2/h21,24-25,28,33-40,75-77,82H,5-20,22-23,26-27,29-32,41-74H2,1-4H3,(H,87,88)(H,89,90)/b25-21-,28-24-,37-33-,38-34-,39-35-,40-36-/t75-,76-,77-/m1/s1. The van der Waals surface area contributed by atoms with E-state index >= 15 is 0 Å². The second-order valence-electron chi connectivity index (χ2n) is 27.0. The largest absolute Gasteiger partial charge is 0.472 e. The number of aliphatic hydroxyl groups excluding tert-OH is 1. The molecule has 0 fully saturated rings. The van der Waals surface area contributed by atoms with Gasteiger partial charge in [0.05, 0.1) is 26.4 Å². The van der Waals surface area contributed by atoms with E-state index in [2.05, 4.69) is 101 Å². The molecule has 0 saturated carbocycles. The minimum atomic E-state index is -4.98. The van der Waals surface area contributed by atoms with E-state index in [0.717, 1.165) is 167 Å². The Kier molecular flexibility index (Phi) is 71.2. The number of hydrogen-bond donors (Lipinski definition) is 3. The van der Waals surface area contributed by atoms with Gasteiger partial charge in [-0.15, -0.1) is 0 Å². The van der Waals surface area contributed by atoms with Crippen LogP contribution in [0.25, 0.3) is 0 Å². The van der Waals surface area contributed by atoms with Crippen LogP contribution in [0.5, 0.6) is 0 Å². The second-order valence-corrected chi connectivity index (χ2v) is 29.9. The van der Waals surface area contributed by atoms with Gasteiger partial charge in [0.2, 0.25) is 0 Å². The first-order valence-electron chi connectivity index (χ1n) is 40.2. The number of phosphoric acid groups is 2. The number of allylic oxidation sites excluding steroid dienone is 12. The SMILES string of the molecule is CCCCC/C=C\C/C=C\CCCCCCCC(=O)OC[C@H](COP(=O)(O)OC[C@@H](O)COP(=O)(O)OC[C@@H](COC(=O)CCCCCCC/C=C\CCCCCCCC)OC(=O)CCCCCCC/C=C\C/C=C\CCCCC)OC(=O)CCCCCCC/C=C\CCCCCCCC. The summed E-state index contributed by atoms with van der Waals surface area (Å²) in [6, 6.07) is 0. The summed E-state index contributed by atoms with van der Waals surface area (Å²) in [6.07, 6.45) is 74.4. The van der Waals surface area contributed by atoms with Crippen molar-refractivity contribution in [2.75, 3.05) is 39.6 Å². The van der Waals surface area contributed by atoms with Crippen LogP contribution in [-0.4, -0.2) is 96.7 Å². The zero-order valence-electron chi connectivity index (χ0n) is 63.6. The maximum atomic E-state index is 13.1. The topological polar surface area (TPSA) is 237 Å². The first kappa shape index (κ1) is 96.5. The zero-order valence-corrected chi connectivity index (χ0v) is 65.4. The van der Waals surface area contributed by atoms with Gasteiger partial charge in [-0.2, -0.15) is 0 Å². The molecule has 100 heavy (non-hydrogen) atoms. The average molecular weight is 1450 g/mol. The Morgan fingerprint density at radius 1 is 0.280 bits per heavy atom. The van der Waals surface area contributed by atoms with Gasteiger partial charge in [0.15, 0.2) is 12.2 Å². The lowest BCUT2D eigenvalue weighted by atomic mass is 10.1. The predicted octanol–water partition coefficient (Wildman–Crippen LogP) is 23.2. The molecule has 2 unspecified atom stereocenters. The number of unbranched alkanes of at least 4 members (excludes halogenated alkanes) is 38. The molecule has 0 heterocycles. The summed E-state index contributed by atoms with van der Waals surface area (Å²) in [5.41, 5.74) is 0. The number of rotatable bonds is 76. The van der Waals surface area contributed by atoms with Crippen molar-refractivity contribution in [3.8, 4) is 0 Å². The van der Waals surface area contributed by atoms with Gasteiger partial charge in [-0.3, -0.25) is 37.3 Å². The molecule has 0 aromatic carbocycles. The smallest absolute Gasteiger partial charge is 0.462 e. The highest BCUT2D eigenvalue weighted by Gasteiger charge is 2.30. The number of carbonyl (C=O) groups is 4. The normalized spacial score (nSPS) is 14.3. The molecule has 3 N–H and O–H groups in total. The number of aliphatic hydroxyl groups is 1. The molecule has 5 atom stereocenters. The minimum Gasteiger partial charge on any atom is -0.462 e. The van der Waals surface area contributed by atoms with Crippen molar-refractivity contribution in [1.29, 1.82) is 0 Å². The fourth-order valence-electron chi connectivity index (χ4n) is 10.9. The van der Waals surface area contributed by atoms with E-state index in [1.807, 2.05) is 0 Å². The van der Waals surface area contributed by atoms with Crippen LogP contribution in [0, 0.1) is 0 Å². The molecule has 0 aromatic heterocycles. The van der Waals surface area contributed by atoms with Crippen LogP contribution in [0.2, 0.25) is 0 Å². The van der Waals surface area contributed by atoms with Crippen LogP contribution >= 0.6 is 15.6 Å². The van der Waals surface area contributed by atoms with E-state index in [9.17, 15) is 43.2 Å². The highest BCUT2D eigenvalue weighted by atomic mass is 31.2. The van der Waals surface area contributed by atoms with Crippen LogP contribution in [0.4, 0.5) is 0 Å². The first-order valence-corrected chi connectivity index (χ1v) is 43.2. The lowest BCUT2D eigenvalue weighted by Gasteiger charge is -2.21. The molecule has 17 nitrogen and oxygen atoms in total. The molecule has 0 aliphatic heterocycles. The predicted molar refractivity (Wildman–Crippen MR) is 409 cm³/mol. The molecule has 19 heteroatoms. The maximum Gasteiger partial charge on any atom is 0.472 e. The van der Waals surface area contributed by atoms with Crippen molar-refractivity contribution < 1.29 is 80.2 Å². The average Bonchev–Trinajstić information content (AvgIpc) is 1.01. The molecular weight excluding hydrogens is 1310 g/mol. The number of phosphoric ester groups is 2. The number of ether oxygens (including phenoxy) is 4. The van der Waals surface area contributed by atoms with Gasteiger partial charge in [-0.25, -0.2) is 9.13 Å². The quantitative estimate of drug-likeness (QED) is 0.0169. The van der Waals surface area contributed by atoms with Gasteiger partial charge < -0.3 is 33.8 Å². The van der Waals surface area contributed by atoms with Crippen molar-refractivity contribution >= 4 is 39.5 Å². The van der Waals surface area contributed by atoms with Gasteiger partial charge in [0, 0.05) is 25.7 Å². The van der Waals surface area contributed by atoms with Crippen molar-refractivity contribution in [3.05, 3.63) is 72.9 Å². The van der Waals surface area contributed by atoms with Crippen LogP contribution in [0.3, 0.4) is 0 Å². The van der Waals surface area contributed by atoms with Crippen molar-refractivity contribution in [3.63, 3.8) is 0 Å². The minimum absolute atomic E-state index is 0.0797. The zero-order chi connectivity index (χ0) is 73.2. The van der Waals surface area contributed by atoms with E-state index in [4.69, 9.17) is 37.0 Å². The Bertz CT molecular complexity index is 2180. The van der Waals surface area contributed by atoms with Crippen molar-refractivity contribution in [1.82, 2.24) is 0 Å². The molecular formula is C81H146O17P2. The van der Waals surface area contributed by atoms with Gasteiger partial charge in [-0.1, -0.05) is 268 Å². The van der Waals surface area contributed by atoms with Crippen LogP contribution in [-0.2, 0) is 65.4 Å². The van der Waals surface area contributed by atoms with Crippen molar-refractivity contribution in [2.45, 2.75) is 380 Å². The number of carbonyl (C=O) groups excluding carboxylic acids is 4. The first-order chi connectivity index (χ1) is 48.7. The maximum absolute atomic E-state index is 13.1. The van der Waals surface area contributed by atoms with Crippen LogP contribution in [0.1, 0.15) is 362 Å². The van der Waals surface area contributed by atoms with E-state index in [1.54, 1.807) is 0 Å². The summed E-state index contributed by atoms with van der Waals surface area (Å²) in [5, 5.41) is 10.6. The summed E-state index contributed by atoms with van der Waals surface area (Å²) < 4.78 is 68.6. The Labute approximate surface area is 609 Å². The third kappa shape index (κ3) is 72.8. The Hall–Kier alpha value is -3.50. The Morgan fingerprint density at radius 2 is 0.490 bits per heavy atom. The lowest BCUT2D eigenvalue weighted by molar-refractivity contribution is -0.161. The van der Waals surface area contributed by atoms with E-state index in [1.165, 1.54) is 116 Å². The molecule has 0 saturated heterocycles. The summed E-state index contributed by atoms with van der Waals surface area (Å²) in [7, 11) is -9.96. The number of hydrogen-bond acceptors (Lipinski definition) is 15. The molecule has 0 radical (unpaired) electrons. The second kappa shape index (κ2) is 73.8. The van der Waals surface area contributed by atoms with Crippen LogP contribution in [0.15, 0.2) is 72.9 Å². The van der Waals surface area contributed by atoms with E-state index in [-0.39, 0.29) is 25.7 Å². The molecule has 0 rings (SSSR count). The van der Waals surface area contributed by atoms with Crippen LogP contribution < -0.4 is 0 Å². The third-order valence-corrected chi connectivity index (χ3v) is 19.0.